The third-order valence-electron chi connectivity index (χ3n) is 2.22. The predicted octanol–water partition coefficient (Wildman–Crippen LogP) is 2.49. The lowest BCUT2D eigenvalue weighted by atomic mass is 10.3. The van der Waals surface area contributed by atoms with Crippen LogP contribution in [0.25, 0.3) is 0 Å². The molecule has 9 heteroatoms. The van der Waals surface area contributed by atoms with Gasteiger partial charge in [-0.2, -0.15) is 0 Å². The molecule has 0 spiro atoms. The van der Waals surface area contributed by atoms with Crippen molar-refractivity contribution in [3.05, 3.63) is 21.1 Å². The topological polar surface area (TPSA) is 98.5 Å². The largest absolute Gasteiger partial charge is 0.466 e. The van der Waals surface area contributed by atoms with Crippen LogP contribution in [0.3, 0.4) is 0 Å². The number of nitrogen functional groups attached to an aromatic ring is 1. The van der Waals surface area contributed by atoms with E-state index in [1.807, 2.05) is 0 Å². The van der Waals surface area contributed by atoms with Gasteiger partial charge in [0.15, 0.2) is 0 Å². The molecule has 0 atom stereocenters. The van der Waals surface area contributed by atoms with Crippen LogP contribution in [0.1, 0.15) is 13.3 Å². The number of ether oxygens (including phenoxy) is 1. The first-order valence-corrected chi connectivity index (χ1v) is 8.89. The highest BCUT2D eigenvalue weighted by Crippen LogP contribution is 2.33. The number of hydrogen-bond donors (Lipinski definition) is 2. The quantitative estimate of drug-likeness (QED) is 0.534. The van der Waals surface area contributed by atoms with Crippen LogP contribution < -0.4 is 10.5 Å². The molecule has 0 radical (unpaired) electrons. The maximum Gasteiger partial charge on any atom is 0.306 e. The molecule has 0 fully saturated rings. The second kappa shape index (κ2) is 7.28. The minimum absolute atomic E-state index is 0.211. The van der Waals surface area contributed by atoms with Gasteiger partial charge in [0.05, 0.1) is 30.2 Å². The van der Waals surface area contributed by atoms with Crippen molar-refractivity contribution in [2.24, 2.45) is 0 Å². The number of benzene rings is 1. The molecule has 0 bridgehead atoms. The summed E-state index contributed by atoms with van der Waals surface area (Å²) < 4.78 is 32.0. The van der Waals surface area contributed by atoms with Gasteiger partial charge < -0.3 is 10.5 Å². The molecule has 0 aliphatic rings. The molecule has 1 rings (SSSR count). The lowest BCUT2D eigenvalue weighted by Crippen LogP contribution is -2.20. The van der Waals surface area contributed by atoms with E-state index in [2.05, 4.69) is 41.3 Å². The van der Waals surface area contributed by atoms with Crippen LogP contribution >= 0.6 is 31.9 Å². The first kappa shape index (κ1) is 17.3. The maximum atomic E-state index is 11.9. The molecule has 0 amide bonds. The van der Waals surface area contributed by atoms with E-state index in [1.54, 1.807) is 19.1 Å². The second-order valence-corrected chi connectivity index (χ2v) is 7.44. The number of carbonyl (C=O) groups is 1. The summed E-state index contributed by atoms with van der Waals surface area (Å²) in [7, 11) is -3.68. The van der Waals surface area contributed by atoms with Crippen molar-refractivity contribution in [1.82, 2.24) is 0 Å². The van der Waals surface area contributed by atoms with Crippen molar-refractivity contribution in [3.63, 3.8) is 0 Å². The van der Waals surface area contributed by atoms with Gasteiger partial charge in [-0.05, 0) is 35.0 Å². The SMILES string of the molecule is CCOC(=O)CCS(=O)(=O)Nc1c(N)cc(Br)cc1Br. The number of halogens is 2. The summed E-state index contributed by atoms with van der Waals surface area (Å²) in [6.07, 6.45) is -0.211. The highest BCUT2D eigenvalue weighted by atomic mass is 79.9. The van der Waals surface area contributed by atoms with Crippen LogP contribution in [0.2, 0.25) is 0 Å². The number of carbonyl (C=O) groups excluding carboxylic acids is 1. The van der Waals surface area contributed by atoms with Crippen LogP contribution in [-0.4, -0.2) is 26.7 Å². The molecular formula is C11H14Br2N2O4S. The lowest BCUT2D eigenvalue weighted by Gasteiger charge is -2.12. The fourth-order valence-corrected chi connectivity index (χ4v) is 3.92. The Kier molecular flexibility index (Phi) is 6.28. The number of nitrogens with two attached hydrogens (primary N) is 1. The van der Waals surface area contributed by atoms with Gasteiger partial charge in [0.1, 0.15) is 0 Å². The first-order valence-electron chi connectivity index (χ1n) is 5.66. The van der Waals surface area contributed by atoms with Crippen molar-refractivity contribution in [2.75, 3.05) is 22.8 Å². The molecule has 112 valence electrons. The summed E-state index contributed by atoms with van der Waals surface area (Å²) in [6, 6.07) is 3.24. The Morgan fingerprint density at radius 3 is 2.60 bits per heavy atom. The summed E-state index contributed by atoms with van der Waals surface area (Å²) >= 11 is 6.47. The summed E-state index contributed by atoms with van der Waals surface area (Å²) in [5.41, 5.74) is 6.27. The molecule has 3 N–H and O–H groups in total. The van der Waals surface area contributed by atoms with Crippen molar-refractivity contribution in [1.29, 1.82) is 0 Å². The van der Waals surface area contributed by atoms with Crippen molar-refractivity contribution in [3.8, 4) is 0 Å². The van der Waals surface area contributed by atoms with E-state index in [-0.39, 0.29) is 30.2 Å². The molecule has 0 saturated heterocycles. The van der Waals surface area contributed by atoms with E-state index in [4.69, 9.17) is 5.73 Å². The Labute approximate surface area is 134 Å². The van der Waals surface area contributed by atoms with Gasteiger partial charge in [-0.1, -0.05) is 15.9 Å². The monoisotopic (exact) mass is 428 g/mol. The molecule has 1 aromatic carbocycles. The fourth-order valence-electron chi connectivity index (χ4n) is 1.36. The number of rotatable bonds is 6. The van der Waals surface area contributed by atoms with E-state index < -0.39 is 16.0 Å². The van der Waals surface area contributed by atoms with Gasteiger partial charge in [0.2, 0.25) is 10.0 Å². The van der Waals surface area contributed by atoms with Crippen LogP contribution in [0, 0.1) is 0 Å². The summed E-state index contributed by atoms with van der Waals surface area (Å²) in [5, 5.41) is 0. The summed E-state index contributed by atoms with van der Waals surface area (Å²) in [6.45, 7) is 1.88. The van der Waals surface area contributed by atoms with Gasteiger partial charge in [-0.15, -0.1) is 0 Å². The highest BCUT2D eigenvalue weighted by Gasteiger charge is 2.17. The normalized spacial score (nSPS) is 11.2. The minimum atomic E-state index is -3.68. The van der Waals surface area contributed by atoms with Crippen LogP contribution in [0.15, 0.2) is 21.1 Å². The Morgan fingerprint density at radius 1 is 1.40 bits per heavy atom. The molecule has 0 aliphatic heterocycles. The third-order valence-corrected chi connectivity index (χ3v) is 4.56. The maximum absolute atomic E-state index is 11.9. The average molecular weight is 430 g/mol. The summed E-state index contributed by atoms with van der Waals surface area (Å²) in [4.78, 5) is 11.2. The van der Waals surface area contributed by atoms with E-state index in [0.29, 0.717) is 4.47 Å². The number of hydrogen-bond acceptors (Lipinski definition) is 5. The first-order chi connectivity index (χ1) is 9.25. The van der Waals surface area contributed by atoms with Crippen LogP contribution in [0.5, 0.6) is 0 Å². The van der Waals surface area contributed by atoms with Crippen molar-refractivity contribution >= 4 is 59.2 Å². The molecular weight excluding hydrogens is 416 g/mol. The summed E-state index contributed by atoms with van der Waals surface area (Å²) in [5.74, 6) is -0.922. The van der Waals surface area contributed by atoms with Gasteiger partial charge >= 0.3 is 5.97 Å². The number of esters is 1. The molecule has 20 heavy (non-hydrogen) atoms. The Balaban J connectivity index is 2.79. The second-order valence-electron chi connectivity index (χ2n) is 3.83. The Bertz CT molecular complexity index is 581. The molecule has 0 aliphatic carbocycles. The van der Waals surface area contributed by atoms with Crippen LogP contribution in [0.4, 0.5) is 11.4 Å². The van der Waals surface area contributed by atoms with Gasteiger partial charge in [0, 0.05) is 8.95 Å². The highest BCUT2D eigenvalue weighted by molar-refractivity contribution is 9.11. The van der Waals surface area contributed by atoms with E-state index in [1.165, 1.54) is 0 Å². The van der Waals surface area contributed by atoms with E-state index in [0.717, 1.165) is 4.47 Å². The van der Waals surface area contributed by atoms with Gasteiger partial charge in [0.25, 0.3) is 0 Å². The van der Waals surface area contributed by atoms with E-state index >= 15 is 0 Å². The zero-order valence-corrected chi connectivity index (χ0v) is 14.6. The lowest BCUT2D eigenvalue weighted by molar-refractivity contribution is -0.142. The smallest absolute Gasteiger partial charge is 0.306 e. The zero-order valence-electron chi connectivity index (χ0n) is 10.7. The molecule has 0 heterocycles. The van der Waals surface area contributed by atoms with Crippen LogP contribution in [-0.2, 0) is 19.6 Å². The number of sulfonamides is 1. The average Bonchev–Trinajstić information content (AvgIpc) is 2.32. The Morgan fingerprint density at radius 2 is 2.05 bits per heavy atom. The number of nitrogens with one attached hydrogen (secondary N) is 1. The van der Waals surface area contributed by atoms with Crippen molar-refractivity contribution in [2.45, 2.75) is 13.3 Å². The third kappa shape index (κ3) is 5.29. The fraction of sp³-hybridized carbons (Fsp3) is 0.364. The molecule has 0 aromatic heterocycles. The van der Waals surface area contributed by atoms with Gasteiger partial charge in [-0.25, -0.2) is 8.42 Å². The molecule has 1 aromatic rings. The molecule has 6 nitrogen and oxygen atoms in total. The minimum Gasteiger partial charge on any atom is -0.466 e. The van der Waals surface area contributed by atoms with E-state index in [9.17, 15) is 13.2 Å². The molecule has 0 saturated carbocycles. The predicted molar refractivity (Wildman–Crippen MR) is 84.9 cm³/mol. The van der Waals surface area contributed by atoms with Gasteiger partial charge in [-0.3, -0.25) is 9.52 Å². The zero-order chi connectivity index (χ0) is 15.3. The molecule has 0 unspecified atom stereocenters. The van der Waals surface area contributed by atoms with Crippen molar-refractivity contribution < 1.29 is 17.9 Å². The number of anilines is 2. The Hall–Kier alpha value is -0.800. The standard InChI is InChI=1S/C11H14Br2N2O4S/c1-2-19-10(16)3-4-20(17,18)15-11-8(13)5-7(12)6-9(11)14/h5-6,15H,2-4,14H2,1H3.